The van der Waals surface area contributed by atoms with Crippen LogP contribution in [-0.2, 0) is 0 Å². The number of aromatic nitrogens is 2. The normalized spacial score (nSPS) is 20.8. The number of hydrogen-bond acceptors (Lipinski definition) is 2. The summed E-state index contributed by atoms with van der Waals surface area (Å²) in [5.74, 6) is 0. The standard InChI is InChI=1S/C20H18Br2N4/c21-11-1-3-17-13(5-11)15(7-23-17)19-9-26-20(10-25-19)16-8-24-18-4-2-12(22)6-14(16)18/h1-8,19-20,23-26H,9-10H2/t19-,20-/m1/s1. The fourth-order valence-electron chi connectivity index (χ4n) is 3.91. The first-order chi connectivity index (χ1) is 12.7. The molecule has 0 bridgehead atoms. The van der Waals surface area contributed by atoms with Crippen LogP contribution < -0.4 is 10.6 Å². The van der Waals surface area contributed by atoms with Gasteiger partial charge in [-0.25, -0.2) is 0 Å². The molecule has 4 nitrogen and oxygen atoms in total. The molecular formula is C20H18Br2N4. The van der Waals surface area contributed by atoms with Crippen molar-refractivity contribution in [3.05, 3.63) is 68.9 Å². The maximum Gasteiger partial charge on any atom is 0.0468 e. The second kappa shape index (κ2) is 6.53. The van der Waals surface area contributed by atoms with Crippen molar-refractivity contribution >= 4 is 53.7 Å². The van der Waals surface area contributed by atoms with Gasteiger partial charge in [-0.05, 0) is 47.5 Å². The average molecular weight is 474 g/mol. The topological polar surface area (TPSA) is 55.6 Å². The maximum absolute atomic E-state index is 3.73. The summed E-state index contributed by atoms with van der Waals surface area (Å²) >= 11 is 7.17. The Morgan fingerprint density at radius 3 is 1.58 bits per heavy atom. The molecule has 1 fully saturated rings. The summed E-state index contributed by atoms with van der Waals surface area (Å²) in [6.45, 7) is 1.79. The molecule has 0 aliphatic carbocycles. The number of benzene rings is 2. The molecule has 5 rings (SSSR count). The average Bonchev–Trinajstić information content (AvgIpc) is 3.25. The fourth-order valence-corrected chi connectivity index (χ4v) is 4.63. The number of fused-ring (bicyclic) bond motifs is 2. The third kappa shape index (κ3) is 2.81. The summed E-state index contributed by atoms with van der Waals surface area (Å²) in [5, 5.41) is 10.00. The van der Waals surface area contributed by atoms with E-state index < -0.39 is 0 Å². The van der Waals surface area contributed by atoms with E-state index in [-0.39, 0.29) is 0 Å². The monoisotopic (exact) mass is 472 g/mol. The molecule has 1 saturated heterocycles. The van der Waals surface area contributed by atoms with Gasteiger partial charge in [0.1, 0.15) is 0 Å². The van der Waals surface area contributed by atoms with Crippen LogP contribution in [0.1, 0.15) is 23.2 Å². The van der Waals surface area contributed by atoms with Crippen LogP contribution in [-0.4, -0.2) is 23.1 Å². The molecule has 0 spiro atoms. The first kappa shape index (κ1) is 16.6. The van der Waals surface area contributed by atoms with E-state index in [9.17, 15) is 0 Å². The van der Waals surface area contributed by atoms with E-state index in [1.807, 2.05) is 0 Å². The third-order valence-electron chi connectivity index (χ3n) is 5.24. The Hall–Kier alpha value is -1.60. The van der Waals surface area contributed by atoms with Gasteiger partial charge in [0.2, 0.25) is 0 Å². The molecule has 4 aromatic rings. The SMILES string of the molecule is Brc1ccc2[nH]cc([C@H]3CN[C@@H](c4c[nH]c5ccc(Br)cc45)CN3)c2c1. The van der Waals surface area contributed by atoms with Crippen molar-refractivity contribution in [3.63, 3.8) is 0 Å². The summed E-state index contributed by atoms with van der Waals surface area (Å²) in [7, 11) is 0. The molecule has 132 valence electrons. The number of H-pyrrole nitrogens is 2. The number of aromatic amines is 2. The number of nitrogens with one attached hydrogen (secondary N) is 4. The fraction of sp³-hybridized carbons (Fsp3) is 0.200. The lowest BCUT2D eigenvalue weighted by atomic mass is 9.99. The van der Waals surface area contributed by atoms with Crippen LogP contribution in [0.5, 0.6) is 0 Å². The van der Waals surface area contributed by atoms with Crippen molar-refractivity contribution in [2.45, 2.75) is 12.1 Å². The van der Waals surface area contributed by atoms with Crippen molar-refractivity contribution in [3.8, 4) is 0 Å². The summed E-state index contributed by atoms with van der Waals surface area (Å²) in [5.41, 5.74) is 4.98. The highest BCUT2D eigenvalue weighted by Gasteiger charge is 2.25. The van der Waals surface area contributed by atoms with Crippen molar-refractivity contribution in [2.24, 2.45) is 0 Å². The van der Waals surface area contributed by atoms with Gasteiger partial charge in [-0.15, -0.1) is 0 Å². The molecule has 1 aliphatic heterocycles. The summed E-state index contributed by atoms with van der Waals surface area (Å²) in [6, 6.07) is 13.3. The molecule has 3 heterocycles. The largest absolute Gasteiger partial charge is 0.361 e. The van der Waals surface area contributed by atoms with E-state index in [1.165, 1.54) is 32.9 Å². The van der Waals surface area contributed by atoms with Crippen LogP contribution in [0, 0.1) is 0 Å². The van der Waals surface area contributed by atoms with Crippen LogP contribution in [0.4, 0.5) is 0 Å². The molecule has 2 atom stereocenters. The van der Waals surface area contributed by atoms with Crippen LogP contribution in [0.25, 0.3) is 21.8 Å². The van der Waals surface area contributed by atoms with Gasteiger partial charge in [-0.2, -0.15) is 0 Å². The lowest BCUT2D eigenvalue weighted by Gasteiger charge is -2.31. The number of halogens is 2. The first-order valence-electron chi connectivity index (χ1n) is 8.69. The van der Waals surface area contributed by atoms with E-state index in [0.29, 0.717) is 12.1 Å². The van der Waals surface area contributed by atoms with Crippen LogP contribution in [0.2, 0.25) is 0 Å². The highest BCUT2D eigenvalue weighted by Crippen LogP contribution is 2.31. The minimum Gasteiger partial charge on any atom is -0.361 e. The Kier molecular flexibility index (Phi) is 4.16. The molecule has 0 amide bonds. The van der Waals surface area contributed by atoms with Gasteiger partial charge in [0.15, 0.2) is 0 Å². The first-order valence-corrected chi connectivity index (χ1v) is 10.3. The lowest BCUT2D eigenvalue weighted by molar-refractivity contribution is 0.359. The third-order valence-corrected chi connectivity index (χ3v) is 6.23. The van der Waals surface area contributed by atoms with E-state index in [1.54, 1.807) is 0 Å². The van der Waals surface area contributed by atoms with Gasteiger partial charge in [-0.3, -0.25) is 0 Å². The van der Waals surface area contributed by atoms with E-state index in [0.717, 1.165) is 22.0 Å². The van der Waals surface area contributed by atoms with Crippen molar-refractivity contribution in [1.82, 2.24) is 20.6 Å². The Labute approximate surface area is 168 Å². The predicted octanol–water partition coefficient (Wildman–Crippen LogP) is 5.15. The molecule has 6 heteroatoms. The number of hydrogen-bond donors (Lipinski definition) is 4. The van der Waals surface area contributed by atoms with Gasteiger partial charge >= 0.3 is 0 Å². The molecular weight excluding hydrogens is 456 g/mol. The zero-order valence-electron chi connectivity index (χ0n) is 13.9. The zero-order valence-corrected chi connectivity index (χ0v) is 17.1. The van der Waals surface area contributed by atoms with Crippen molar-refractivity contribution < 1.29 is 0 Å². The second-order valence-corrected chi connectivity index (χ2v) is 8.62. The lowest BCUT2D eigenvalue weighted by Crippen LogP contribution is -2.44. The zero-order chi connectivity index (χ0) is 17.7. The molecule has 1 aliphatic rings. The molecule has 0 saturated carbocycles. The Morgan fingerprint density at radius 2 is 1.15 bits per heavy atom. The van der Waals surface area contributed by atoms with E-state index in [4.69, 9.17) is 0 Å². The molecule has 0 radical (unpaired) electrons. The van der Waals surface area contributed by atoms with Gasteiger partial charge < -0.3 is 20.6 Å². The van der Waals surface area contributed by atoms with Gasteiger partial charge in [0, 0.05) is 68.3 Å². The summed E-state index contributed by atoms with van der Waals surface area (Å²) < 4.78 is 2.22. The number of piperazine rings is 1. The van der Waals surface area contributed by atoms with Gasteiger partial charge in [-0.1, -0.05) is 31.9 Å². The minimum atomic E-state index is 0.297. The molecule has 0 unspecified atom stereocenters. The van der Waals surface area contributed by atoms with E-state index in [2.05, 4.69) is 101 Å². The Bertz CT molecular complexity index is 1000. The molecule has 2 aromatic heterocycles. The van der Waals surface area contributed by atoms with Crippen LogP contribution >= 0.6 is 31.9 Å². The number of rotatable bonds is 2. The Morgan fingerprint density at radius 1 is 0.692 bits per heavy atom. The predicted molar refractivity (Wildman–Crippen MR) is 113 cm³/mol. The van der Waals surface area contributed by atoms with Crippen molar-refractivity contribution in [1.29, 1.82) is 0 Å². The highest BCUT2D eigenvalue weighted by molar-refractivity contribution is 9.10. The molecule has 26 heavy (non-hydrogen) atoms. The summed E-state index contributed by atoms with van der Waals surface area (Å²) in [6.07, 6.45) is 4.25. The van der Waals surface area contributed by atoms with Gasteiger partial charge in [0.05, 0.1) is 0 Å². The molecule has 2 aromatic carbocycles. The second-order valence-electron chi connectivity index (χ2n) is 6.79. The quantitative estimate of drug-likeness (QED) is 0.325. The Balaban J connectivity index is 1.40. The van der Waals surface area contributed by atoms with Gasteiger partial charge in [0.25, 0.3) is 0 Å². The van der Waals surface area contributed by atoms with Crippen molar-refractivity contribution in [2.75, 3.05) is 13.1 Å². The van der Waals surface area contributed by atoms with Crippen LogP contribution in [0.3, 0.4) is 0 Å². The summed E-state index contributed by atoms with van der Waals surface area (Å²) in [4.78, 5) is 6.77. The maximum atomic E-state index is 3.73. The minimum absolute atomic E-state index is 0.297. The molecule has 4 N–H and O–H groups in total. The highest BCUT2D eigenvalue weighted by atomic mass is 79.9. The smallest absolute Gasteiger partial charge is 0.0468 e. The van der Waals surface area contributed by atoms with Crippen LogP contribution in [0.15, 0.2) is 57.7 Å². The van der Waals surface area contributed by atoms with E-state index >= 15 is 0 Å².